The van der Waals surface area contributed by atoms with Gasteiger partial charge in [-0.3, -0.25) is 4.99 Å². The van der Waals surface area contributed by atoms with E-state index in [1.807, 2.05) is 25.1 Å². The molecule has 160 valence electrons. The van der Waals surface area contributed by atoms with Crippen LogP contribution < -0.4 is 20.1 Å². The third-order valence-corrected chi connectivity index (χ3v) is 4.97. The van der Waals surface area contributed by atoms with Crippen molar-refractivity contribution in [2.45, 2.75) is 32.2 Å². The lowest BCUT2D eigenvalue weighted by Gasteiger charge is -2.41. The molecule has 0 saturated carbocycles. The summed E-state index contributed by atoms with van der Waals surface area (Å²) in [4.78, 5) is 7.15. The zero-order valence-corrected chi connectivity index (χ0v) is 20.0. The SMILES string of the molecule is CCNC(=NCC1(N(C)C)CCOCC1)Nc1ccc(OC)c(OCC)c1.I. The molecule has 0 unspecified atom stereocenters. The Morgan fingerprint density at radius 3 is 2.50 bits per heavy atom. The number of ether oxygens (including phenoxy) is 3. The Labute approximate surface area is 186 Å². The van der Waals surface area contributed by atoms with E-state index in [2.05, 4.69) is 36.6 Å². The van der Waals surface area contributed by atoms with Gasteiger partial charge < -0.3 is 29.7 Å². The van der Waals surface area contributed by atoms with E-state index in [0.29, 0.717) is 13.2 Å². The highest BCUT2D eigenvalue weighted by Gasteiger charge is 2.34. The summed E-state index contributed by atoms with van der Waals surface area (Å²) in [6.45, 7) is 7.68. The molecule has 0 radical (unpaired) electrons. The van der Waals surface area contributed by atoms with E-state index < -0.39 is 0 Å². The molecule has 2 N–H and O–H groups in total. The van der Waals surface area contributed by atoms with Crippen LogP contribution in [0.2, 0.25) is 0 Å². The molecule has 28 heavy (non-hydrogen) atoms. The molecule has 7 nitrogen and oxygen atoms in total. The summed E-state index contributed by atoms with van der Waals surface area (Å²) in [6, 6.07) is 5.80. The van der Waals surface area contributed by atoms with Crippen molar-refractivity contribution >= 4 is 35.6 Å². The fourth-order valence-corrected chi connectivity index (χ4v) is 3.19. The zero-order valence-electron chi connectivity index (χ0n) is 17.7. The molecule has 1 heterocycles. The van der Waals surface area contributed by atoms with Gasteiger partial charge in [-0.1, -0.05) is 0 Å². The van der Waals surface area contributed by atoms with Gasteiger partial charge in [0, 0.05) is 37.1 Å². The second kappa shape index (κ2) is 12.3. The molecule has 1 saturated heterocycles. The number of benzene rings is 1. The van der Waals surface area contributed by atoms with Crippen molar-refractivity contribution in [1.82, 2.24) is 10.2 Å². The molecule has 1 aliphatic heterocycles. The fraction of sp³-hybridized carbons (Fsp3) is 0.650. The molecule has 1 aromatic rings. The molecule has 0 amide bonds. The van der Waals surface area contributed by atoms with Crippen LogP contribution >= 0.6 is 24.0 Å². The average molecular weight is 506 g/mol. The summed E-state index contributed by atoms with van der Waals surface area (Å²) in [5.41, 5.74) is 0.946. The van der Waals surface area contributed by atoms with Gasteiger partial charge in [0.25, 0.3) is 0 Å². The molecule has 0 aliphatic carbocycles. The fourth-order valence-electron chi connectivity index (χ4n) is 3.19. The van der Waals surface area contributed by atoms with E-state index in [4.69, 9.17) is 19.2 Å². The standard InChI is InChI=1S/C20H34N4O3.HI/c1-6-21-19(22-15-20(24(3)4)10-12-26-13-11-20)23-16-8-9-17(25-5)18(14-16)27-7-2;/h8-9,14H,6-7,10-13,15H2,1-5H3,(H2,21,22,23);1H. The lowest BCUT2D eigenvalue weighted by molar-refractivity contribution is -0.00251. The number of anilines is 1. The highest BCUT2D eigenvalue weighted by molar-refractivity contribution is 14.0. The molecule has 8 heteroatoms. The number of hydrogen-bond acceptors (Lipinski definition) is 5. The topological polar surface area (TPSA) is 67.4 Å². The Bertz CT molecular complexity index is 619. The lowest BCUT2D eigenvalue weighted by Crippen LogP contribution is -2.51. The Morgan fingerprint density at radius 1 is 1.21 bits per heavy atom. The third-order valence-electron chi connectivity index (χ3n) is 4.97. The quantitative estimate of drug-likeness (QED) is 0.321. The zero-order chi connectivity index (χ0) is 19.7. The Hall–Kier alpha value is -1.26. The van der Waals surface area contributed by atoms with Gasteiger partial charge in [-0.15, -0.1) is 24.0 Å². The Morgan fingerprint density at radius 2 is 1.93 bits per heavy atom. The molecule has 1 aliphatic rings. The van der Waals surface area contributed by atoms with Gasteiger partial charge >= 0.3 is 0 Å². The van der Waals surface area contributed by atoms with Gasteiger partial charge in [0.05, 0.1) is 20.3 Å². The van der Waals surface area contributed by atoms with Crippen LogP contribution in [0.15, 0.2) is 23.2 Å². The highest BCUT2D eigenvalue weighted by atomic mass is 127. The number of halogens is 1. The van der Waals surface area contributed by atoms with Crippen molar-refractivity contribution in [2.75, 3.05) is 59.4 Å². The summed E-state index contributed by atoms with van der Waals surface area (Å²) in [5.74, 6) is 2.20. The predicted octanol–water partition coefficient (Wildman–Crippen LogP) is 3.20. The molecule has 0 aromatic heterocycles. The van der Waals surface area contributed by atoms with Crippen LogP contribution in [-0.2, 0) is 4.74 Å². The first kappa shape index (κ1) is 24.8. The lowest BCUT2D eigenvalue weighted by atomic mass is 9.89. The van der Waals surface area contributed by atoms with Gasteiger partial charge in [0.15, 0.2) is 17.5 Å². The first-order valence-corrected chi connectivity index (χ1v) is 9.66. The number of rotatable bonds is 8. The smallest absolute Gasteiger partial charge is 0.195 e. The number of aliphatic imine (C=N–C) groups is 1. The second-order valence-corrected chi connectivity index (χ2v) is 6.85. The summed E-state index contributed by atoms with van der Waals surface area (Å²) in [5, 5.41) is 6.70. The third kappa shape index (κ3) is 6.66. The number of guanidine groups is 1. The van der Waals surface area contributed by atoms with Crippen molar-refractivity contribution in [3.05, 3.63) is 18.2 Å². The highest BCUT2D eigenvalue weighted by Crippen LogP contribution is 2.30. The first-order chi connectivity index (χ1) is 13.0. The summed E-state index contributed by atoms with van der Waals surface area (Å²) in [7, 11) is 5.89. The largest absolute Gasteiger partial charge is 0.493 e. The number of likely N-dealkylation sites (N-methyl/N-ethyl adjacent to an activating group) is 1. The van der Waals surface area contributed by atoms with Crippen LogP contribution in [-0.4, -0.2) is 70.5 Å². The van der Waals surface area contributed by atoms with E-state index in [0.717, 1.165) is 55.7 Å². The number of nitrogens with one attached hydrogen (secondary N) is 2. The molecule has 1 fully saturated rings. The molecule has 0 spiro atoms. The van der Waals surface area contributed by atoms with Crippen LogP contribution in [0, 0.1) is 0 Å². The molecule has 2 rings (SSSR count). The number of nitrogens with zero attached hydrogens (tertiary/aromatic N) is 2. The van der Waals surface area contributed by atoms with Gasteiger partial charge in [0.1, 0.15) is 0 Å². The van der Waals surface area contributed by atoms with Crippen LogP contribution in [0.4, 0.5) is 5.69 Å². The summed E-state index contributed by atoms with van der Waals surface area (Å²) < 4.78 is 16.6. The van der Waals surface area contributed by atoms with Crippen LogP contribution in [0.3, 0.4) is 0 Å². The van der Waals surface area contributed by atoms with Crippen molar-refractivity contribution in [2.24, 2.45) is 4.99 Å². The van der Waals surface area contributed by atoms with Crippen molar-refractivity contribution < 1.29 is 14.2 Å². The van der Waals surface area contributed by atoms with E-state index in [1.54, 1.807) is 7.11 Å². The van der Waals surface area contributed by atoms with E-state index >= 15 is 0 Å². The summed E-state index contributed by atoms with van der Waals surface area (Å²) in [6.07, 6.45) is 1.97. The van der Waals surface area contributed by atoms with Crippen molar-refractivity contribution in [1.29, 1.82) is 0 Å². The normalized spacial score (nSPS) is 16.3. The molecular weight excluding hydrogens is 471 g/mol. The predicted molar refractivity (Wildman–Crippen MR) is 126 cm³/mol. The van der Waals surface area contributed by atoms with Gasteiger partial charge in [0.2, 0.25) is 0 Å². The van der Waals surface area contributed by atoms with Crippen LogP contribution in [0.25, 0.3) is 0 Å². The minimum Gasteiger partial charge on any atom is -0.493 e. The molecule has 0 bridgehead atoms. The summed E-state index contributed by atoms with van der Waals surface area (Å²) >= 11 is 0. The number of hydrogen-bond donors (Lipinski definition) is 2. The maximum absolute atomic E-state index is 5.67. The van der Waals surface area contributed by atoms with Crippen LogP contribution in [0.5, 0.6) is 11.5 Å². The first-order valence-electron chi connectivity index (χ1n) is 9.66. The average Bonchev–Trinajstić information content (AvgIpc) is 2.67. The minimum absolute atomic E-state index is 0. The van der Waals surface area contributed by atoms with E-state index in [-0.39, 0.29) is 29.5 Å². The second-order valence-electron chi connectivity index (χ2n) is 6.85. The van der Waals surface area contributed by atoms with E-state index in [1.165, 1.54) is 0 Å². The van der Waals surface area contributed by atoms with Crippen molar-refractivity contribution in [3.8, 4) is 11.5 Å². The van der Waals surface area contributed by atoms with Crippen molar-refractivity contribution in [3.63, 3.8) is 0 Å². The molecule has 0 atom stereocenters. The maximum Gasteiger partial charge on any atom is 0.195 e. The Balaban J connectivity index is 0.00000392. The minimum atomic E-state index is 0. The Kier molecular flexibility index (Phi) is 10.9. The van der Waals surface area contributed by atoms with Crippen LogP contribution in [0.1, 0.15) is 26.7 Å². The molecule has 1 aromatic carbocycles. The number of methoxy groups -OCH3 is 1. The maximum atomic E-state index is 5.67. The van der Waals surface area contributed by atoms with Gasteiger partial charge in [-0.05, 0) is 52.9 Å². The molecular formula is C20H35IN4O3. The van der Waals surface area contributed by atoms with Gasteiger partial charge in [-0.2, -0.15) is 0 Å². The monoisotopic (exact) mass is 506 g/mol. The van der Waals surface area contributed by atoms with E-state index in [9.17, 15) is 0 Å². The van der Waals surface area contributed by atoms with Gasteiger partial charge in [-0.25, -0.2) is 0 Å².